The molecule has 2 heterocycles. The summed E-state index contributed by atoms with van der Waals surface area (Å²) in [6, 6.07) is 12.1. The molecule has 1 atom stereocenters. The number of rotatable bonds is 5. The Balaban J connectivity index is 1.89. The van der Waals surface area contributed by atoms with Crippen molar-refractivity contribution in [1.29, 1.82) is 5.26 Å². The molecule has 1 saturated heterocycles. The first kappa shape index (κ1) is 22.5. The summed E-state index contributed by atoms with van der Waals surface area (Å²) in [6.07, 6.45) is 2.00. The Morgan fingerprint density at radius 3 is 2.58 bits per heavy atom. The van der Waals surface area contributed by atoms with Crippen molar-refractivity contribution in [2.75, 3.05) is 32.1 Å². The quantitative estimate of drug-likeness (QED) is 0.597. The van der Waals surface area contributed by atoms with Gasteiger partial charge in [-0.05, 0) is 49.7 Å². The summed E-state index contributed by atoms with van der Waals surface area (Å²) in [4.78, 5) is 6.84. The zero-order valence-electron chi connectivity index (χ0n) is 18.4. The van der Waals surface area contributed by atoms with Gasteiger partial charge < -0.3 is 20.1 Å². The van der Waals surface area contributed by atoms with Gasteiger partial charge >= 0.3 is 0 Å². The Hall–Kier alpha value is -3.70. The fourth-order valence-corrected chi connectivity index (χ4v) is 4.17. The van der Waals surface area contributed by atoms with E-state index in [1.807, 2.05) is 7.05 Å². The monoisotopic (exact) mass is 450 g/mol. The van der Waals surface area contributed by atoms with E-state index >= 15 is 0 Å². The Bertz CT molecular complexity index is 1230. The molecule has 1 aliphatic heterocycles. The van der Waals surface area contributed by atoms with Crippen molar-refractivity contribution in [3.63, 3.8) is 0 Å². The summed E-state index contributed by atoms with van der Waals surface area (Å²) < 4.78 is 34.0. The first-order valence-corrected chi connectivity index (χ1v) is 10.6. The van der Waals surface area contributed by atoms with Crippen LogP contribution >= 0.6 is 0 Å². The third-order valence-corrected chi connectivity index (χ3v) is 5.94. The Morgan fingerprint density at radius 1 is 1.15 bits per heavy atom. The minimum atomic E-state index is -0.693. The summed E-state index contributed by atoms with van der Waals surface area (Å²) in [5.41, 5.74) is 1.22. The second-order valence-corrected chi connectivity index (χ2v) is 7.95. The predicted molar refractivity (Wildman–Crippen MR) is 122 cm³/mol. The van der Waals surface area contributed by atoms with Gasteiger partial charge in [0.15, 0.2) is 11.6 Å². The number of aromatic hydroxyl groups is 1. The maximum Gasteiger partial charge on any atom is 0.165 e. The van der Waals surface area contributed by atoms with Crippen LogP contribution in [0.15, 0.2) is 42.5 Å². The molecule has 0 radical (unpaired) electrons. The maximum absolute atomic E-state index is 14.5. The molecule has 170 valence electrons. The van der Waals surface area contributed by atoms with Crippen molar-refractivity contribution in [3.8, 4) is 40.0 Å². The van der Waals surface area contributed by atoms with Crippen LogP contribution in [-0.2, 0) is 0 Å². The van der Waals surface area contributed by atoms with Crippen LogP contribution in [0.25, 0.3) is 22.4 Å². The van der Waals surface area contributed by atoms with Crippen LogP contribution in [-0.4, -0.2) is 43.4 Å². The van der Waals surface area contributed by atoms with Crippen molar-refractivity contribution in [3.05, 3.63) is 59.7 Å². The Morgan fingerprint density at radius 2 is 1.91 bits per heavy atom. The molecule has 1 fully saturated rings. The van der Waals surface area contributed by atoms with Gasteiger partial charge in [-0.2, -0.15) is 5.26 Å². The standard InChI is InChI=1S/C25H24F2N4O2/c1-29-18-4-3-9-31(14-18)23-12-21(32)24(15-7-8-22(33-2)20(27)10-15)25(30-23)16-5-6-17(13-28)19(26)11-16/h5-8,10-12,18,29H,3-4,9,14H2,1-2H3,(H,30,32). The molecular formula is C25H24F2N4O2. The van der Waals surface area contributed by atoms with Gasteiger partial charge in [0.05, 0.1) is 23.9 Å². The second kappa shape index (κ2) is 9.43. The number of ether oxygens (including phenoxy) is 1. The van der Waals surface area contributed by atoms with Gasteiger partial charge in [0.1, 0.15) is 23.5 Å². The van der Waals surface area contributed by atoms with Gasteiger partial charge in [0.25, 0.3) is 0 Å². The number of benzene rings is 2. The molecule has 1 aromatic heterocycles. The highest BCUT2D eigenvalue weighted by molar-refractivity contribution is 5.87. The topological polar surface area (TPSA) is 81.4 Å². The van der Waals surface area contributed by atoms with Crippen molar-refractivity contribution < 1.29 is 18.6 Å². The number of nitrogens with one attached hydrogen (secondary N) is 1. The van der Waals surface area contributed by atoms with E-state index in [4.69, 9.17) is 15.0 Å². The van der Waals surface area contributed by atoms with Crippen molar-refractivity contribution in [1.82, 2.24) is 10.3 Å². The molecule has 33 heavy (non-hydrogen) atoms. The van der Waals surface area contributed by atoms with E-state index in [0.717, 1.165) is 19.4 Å². The molecule has 1 aliphatic rings. The first-order chi connectivity index (χ1) is 15.9. The van der Waals surface area contributed by atoms with E-state index in [-0.39, 0.29) is 28.7 Å². The lowest BCUT2D eigenvalue weighted by atomic mass is 9.96. The van der Waals surface area contributed by atoms with E-state index < -0.39 is 11.6 Å². The zero-order chi connectivity index (χ0) is 23.5. The van der Waals surface area contributed by atoms with E-state index in [2.05, 4.69) is 10.2 Å². The van der Waals surface area contributed by atoms with Crippen molar-refractivity contribution in [2.24, 2.45) is 0 Å². The summed E-state index contributed by atoms with van der Waals surface area (Å²) in [5.74, 6) is -0.772. The predicted octanol–water partition coefficient (Wildman–Crippen LogP) is 4.47. The number of nitriles is 1. The molecule has 0 bridgehead atoms. The maximum atomic E-state index is 14.5. The SMILES string of the molecule is CNC1CCCN(c2cc(O)c(-c3ccc(OC)c(F)c3)c(-c3ccc(C#N)c(F)c3)n2)C1. The number of hydrogen-bond acceptors (Lipinski definition) is 6. The number of hydrogen-bond donors (Lipinski definition) is 2. The number of methoxy groups -OCH3 is 1. The van der Waals surface area contributed by atoms with Crippen molar-refractivity contribution in [2.45, 2.75) is 18.9 Å². The average Bonchev–Trinajstić information content (AvgIpc) is 2.83. The lowest BCUT2D eigenvalue weighted by molar-refractivity contribution is 0.386. The second-order valence-electron chi connectivity index (χ2n) is 7.95. The number of halogens is 2. The van der Waals surface area contributed by atoms with Crippen LogP contribution in [0.2, 0.25) is 0 Å². The molecule has 1 unspecified atom stereocenters. The van der Waals surface area contributed by atoms with E-state index in [0.29, 0.717) is 29.2 Å². The molecule has 0 saturated carbocycles. The molecule has 3 aromatic rings. The highest BCUT2D eigenvalue weighted by Crippen LogP contribution is 2.41. The van der Waals surface area contributed by atoms with Crippen LogP contribution in [0.4, 0.5) is 14.6 Å². The van der Waals surface area contributed by atoms with Gasteiger partial charge in [-0.15, -0.1) is 0 Å². The molecule has 4 rings (SSSR count). The number of likely N-dealkylation sites (N-methyl/N-ethyl adjacent to an activating group) is 1. The van der Waals surface area contributed by atoms with E-state index in [1.165, 1.54) is 31.4 Å². The molecule has 0 spiro atoms. The van der Waals surface area contributed by atoms with E-state index in [9.17, 15) is 13.9 Å². The van der Waals surface area contributed by atoms with Gasteiger partial charge in [-0.3, -0.25) is 0 Å². The lowest BCUT2D eigenvalue weighted by Gasteiger charge is -2.34. The molecule has 8 heteroatoms. The smallest absolute Gasteiger partial charge is 0.165 e. The van der Waals surface area contributed by atoms with Gasteiger partial charge in [0, 0.05) is 30.8 Å². The largest absolute Gasteiger partial charge is 0.507 e. The summed E-state index contributed by atoms with van der Waals surface area (Å²) >= 11 is 0. The number of pyridine rings is 1. The molecule has 2 aromatic carbocycles. The zero-order valence-corrected chi connectivity index (χ0v) is 18.4. The summed E-state index contributed by atoms with van der Waals surface area (Å²) in [7, 11) is 3.28. The first-order valence-electron chi connectivity index (χ1n) is 10.6. The molecular weight excluding hydrogens is 426 g/mol. The highest BCUT2D eigenvalue weighted by atomic mass is 19.1. The molecule has 0 amide bonds. The fourth-order valence-electron chi connectivity index (χ4n) is 4.17. The van der Waals surface area contributed by atoms with Crippen molar-refractivity contribution >= 4 is 5.82 Å². The summed E-state index contributed by atoms with van der Waals surface area (Å²) in [6.45, 7) is 1.48. The minimum Gasteiger partial charge on any atom is -0.507 e. The number of piperidine rings is 1. The summed E-state index contributed by atoms with van der Waals surface area (Å²) in [5, 5.41) is 23.4. The van der Waals surface area contributed by atoms with Gasteiger partial charge in [-0.25, -0.2) is 13.8 Å². The van der Waals surface area contributed by atoms with Gasteiger partial charge in [0.2, 0.25) is 0 Å². The molecule has 6 nitrogen and oxygen atoms in total. The third-order valence-electron chi connectivity index (χ3n) is 5.94. The van der Waals surface area contributed by atoms with Crippen LogP contribution < -0.4 is 15.0 Å². The number of aromatic nitrogens is 1. The van der Waals surface area contributed by atoms with Crippen LogP contribution in [0, 0.1) is 23.0 Å². The molecule has 2 N–H and O–H groups in total. The van der Waals surface area contributed by atoms with Crippen LogP contribution in [0.5, 0.6) is 11.5 Å². The van der Waals surface area contributed by atoms with E-state index in [1.54, 1.807) is 24.3 Å². The normalized spacial score (nSPS) is 15.8. The average molecular weight is 450 g/mol. The fraction of sp³-hybridized carbons (Fsp3) is 0.280. The van der Waals surface area contributed by atoms with Crippen LogP contribution in [0.1, 0.15) is 18.4 Å². The molecule has 0 aliphatic carbocycles. The number of nitrogens with zero attached hydrogens (tertiary/aromatic N) is 3. The van der Waals surface area contributed by atoms with Crippen LogP contribution in [0.3, 0.4) is 0 Å². The van der Waals surface area contributed by atoms with Gasteiger partial charge in [-0.1, -0.05) is 12.1 Å². The highest BCUT2D eigenvalue weighted by Gasteiger charge is 2.24. The minimum absolute atomic E-state index is 0.0696. The lowest BCUT2D eigenvalue weighted by Crippen LogP contribution is -2.44. The Kier molecular flexibility index (Phi) is 6.43. The number of anilines is 1. The third kappa shape index (κ3) is 4.45. The Labute approximate surface area is 191 Å².